The number of anilines is 3. The molecule has 0 unspecified atom stereocenters. The lowest BCUT2D eigenvalue weighted by molar-refractivity contribution is -0.0337. The van der Waals surface area contributed by atoms with Gasteiger partial charge in [-0.05, 0) is 61.2 Å². The summed E-state index contributed by atoms with van der Waals surface area (Å²) in [7, 11) is -10.4. The quantitative estimate of drug-likeness (QED) is 0.0857. The standard InChI is InChI=1S/C38H40F2N4O15P2/c39-28-15-26-30(43(23-5-6-23)18-27(34(26)46)35(47)48)16-31(28)42-11-9-38(10-12-42,20-57-32-8-7-24(14-29(32)40)44-17-25(19-45)58-37(44)50)59-36(49)41-22-3-1-21(2-4-22)13-33(60(51,52)53)61(54,55)56/h1-4,7-8,14-16,18,23,25,33,45H,5-6,9-13,17,19-20H2,(H,41,49)(H,47,48)(H2,51,52,53)(H2,54,55,56)/t25-/m1/s1. The highest BCUT2D eigenvalue weighted by Gasteiger charge is 2.44. The van der Waals surface area contributed by atoms with E-state index in [1.54, 1.807) is 9.47 Å². The average Bonchev–Trinajstić information content (AvgIpc) is 3.97. The lowest BCUT2D eigenvalue weighted by atomic mass is 9.91. The van der Waals surface area contributed by atoms with Crippen LogP contribution in [-0.2, 0) is 25.0 Å². The number of carbonyl (C=O) groups excluding carboxylic acids is 2. The van der Waals surface area contributed by atoms with Crippen LogP contribution in [0.1, 0.15) is 47.6 Å². The maximum atomic E-state index is 15.8. The normalized spacial score (nSPS) is 18.0. The largest absolute Gasteiger partial charge is 0.486 e. The number of carboxylic acids is 1. The molecule has 2 aliphatic heterocycles. The molecular formula is C38H40F2N4O15P2. The summed E-state index contributed by atoms with van der Waals surface area (Å²) in [5.41, 5.74) is -1.91. The maximum Gasteiger partial charge on any atom is 0.414 e. The van der Waals surface area contributed by atoms with Crippen molar-refractivity contribution in [2.24, 2.45) is 0 Å². The summed E-state index contributed by atoms with van der Waals surface area (Å²) in [4.78, 5) is 91.3. The van der Waals surface area contributed by atoms with E-state index in [2.05, 4.69) is 5.32 Å². The summed E-state index contributed by atoms with van der Waals surface area (Å²) >= 11 is 0. The summed E-state index contributed by atoms with van der Waals surface area (Å²) in [6.07, 6.45) is -0.494. The van der Waals surface area contributed by atoms with Gasteiger partial charge in [0.2, 0.25) is 5.43 Å². The van der Waals surface area contributed by atoms with Crippen LogP contribution in [-0.4, -0.2) is 102 Å². The van der Waals surface area contributed by atoms with Gasteiger partial charge in [0, 0.05) is 55.3 Å². The molecule has 1 aliphatic carbocycles. The van der Waals surface area contributed by atoms with Gasteiger partial charge in [0.05, 0.1) is 30.0 Å². The number of rotatable bonds is 14. The molecule has 3 aromatic carbocycles. The van der Waals surface area contributed by atoms with E-state index in [4.69, 9.17) is 14.2 Å². The number of halogens is 2. The van der Waals surface area contributed by atoms with Crippen LogP contribution in [0.3, 0.4) is 0 Å². The first kappa shape index (κ1) is 43.7. The highest BCUT2D eigenvalue weighted by molar-refractivity contribution is 7.70. The SMILES string of the molecule is O=C(Nc1ccc(CC(P(=O)(O)O)P(=O)(O)O)cc1)OC1(COc2ccc(N3C[C@H](CO)OC3=O)cc2F)CCN(c2cc3c(cc2F)c(=O)c(C(=O)O)cn3C2CC2)CC1. The molecule has 19 nitrogen and oxygen atoms in total. The van der Waals surface area contributed by atoms with Crippen LogP contribution in [0.15, 0.2) is 65.6 Å². The molecule has 1 atom stereocenters. The summed E-state index contributed by atoms with van der Waals surface area (Å²) in [5.74, 6) is -3.36. The van der Waals surface area contributed by atoms with Crippen molar-refractivity contribution >= 4 is 61.3 Å². The number of hydrogen-bond acceptors (Lipinski definition) is 11. The number of nitrogens with one attached hydrogen (secondary N) is 1. The van der Waals surface area contributed by atoms with Crippen molar-refractivity contribution in [2.75, 3.05) is 48.0 Å². The number of fused-ring (bicyclic) bond motifs is 1. The van der Waals surface area contributed by atoms with Gasteiger partial charge < -0.3 is 53.5 Å². The van der Waals surface area contributed by atoms with Gasteiger partial charge in [-0.1, -0.05) is 12.1 Å². The van der Waals surface area contributed by atoms with E-state index in [9.17, 15) is 58.1 Å². The number of piperidine rings is 1. The second kappa shape index (κ2) is 16.8. The van der Waals surface area contributed by atoms with Crippen LogP contribution in [0, 0.1) is 11.6 Å². The molecule has 2 amide bonds. The van der Waals surface area contributed by atoms with Gasteiger partial charge in [0.15, 0.2) is 22.6 Å². The first-order chi connectivity index (χ1) is 28.7. The van der Waals surface area contributed by atoms with Gasteiger partial charge in [0.1, 0.15) is 24.1 Å². The van der Waals surface area contributed by atoms with Crippen molar-refractivity contribution in [3.05, 3.63) is 93.8 Å². The second-order valence-electron chi connectivity index (χ2n) is 15.1. The van der Waals surface area contributed by atoms with Gasteiger partial charge in [0.25, 0.3) is 0 Å². The predicted octanol–water partition coefficient (Wildman–Crippen LogP) is 4.52. The molecule has 7 rings (SSSR count). The van der Waals surface area contributed by atoms with Crippen LogP contribution in [0.4, 0.5) is 35.4 Å². The number of amides is 2. The average molecular weight is 893 g/mol. The number of benzene rings is 3. The minimum atomic E-state index is -5.20. The van der Waals surface area contributed by atoms with Crippen LogP contribution in [0.5, 0.6) is 5.75 Å². The Balaban J connectivity index is 1.11. The fourth-order valence-corrected chi connectivity index (χ4v) is 9.82. The number of aromatic nitrogens is 1. The summed E-state index contributed by atoms with van der Waals surface area (Å²) < 4.78 is 73.3. The Bertz CT molecular complexity index is 2510. The highest BCUT2D eigenvalue weighted by Crippen LogP contribution is 2.61. The molecule has 3 aliphatic rings. The number of cyclic esters (lactones) is 1. The molecule has 23 heteroatoms. The summed E-state index contributed by atoms with van der Waals surface area (Å²) in [5, 5.41) is 19.1. The Morgan fingerprint density at radius 2 is 1.62 bits per heavy atom. The number of nitrogens with zero attached hydrogens (tertiary/aromatic N) is 3. The lowest BCUT2D eigenvalue weighted by Gasteiger charge is -2.41. The summed E-state index contributed by atoms with van der Waals surface area (Å²) in [6, 6.07) is 11.4. The number of pyridine rings is 1. The monoisotopic (exact) mass is 892 g/mol. The molecule has 7 N–H and O–H groups in total. The number of carboxylic acid groups (broad SMARTS) is 1. The van der Waals surface area contributed by atoms with Gasteiger partial charge in [-0.3, -0.25) is 24.1 Å². The Morgan fingerprint density at radius 1 is 0.951 bits per heavy atom. The third-order valence-electron chi connectivity index (χ3n) is 10.8. The van der Waals surface area contributed by atoms with Crippen molar-refractivity contribution < 1.29 is 76.3 Å². The number of aliphatic hydroxyl groups is 1. The minimum absolute atomic E-state index is 0.00176. The van der Waals surface area contributed by atoms with E-state index in [-0.39, 0.29) is 72.3 Å². The number of hydrogen-bond donors (Lipinski definition) is 7. The Labute approximate surface area is 344 Å². The number of carbonyl (C=O) groups is 3. The third kappa shape index (κ3) is 9.58. The zero-order chi connectivity index (χ0) is 44.0. The number of aliphatic hydroxyl groups excluding tert-OH is 1. The van der Waals surface area contributed by atoms with Crippen molar-refractivity contribution in [3.63, 3.8) is 0 Å². The van der Waals surface area contributed by atoms with E-state index >= 15 is 8.78 Å². The maximum absolute atomic E-state index is 15.8. The molecule has 4 aromatic rings. The molecule has 3 fully saturated rings. The molecule has 3 heterocycles. The molecule has 61 heavy (non-hydrogen) atoms. The fraction of sp³-hybridized carbons (Fsp3) is 0.368. The Hall–Kier alpha value is -5.40. The summed E-state index contributed by atoms with van der Waals surface area (Å²) in [6.45, 7) is -0.736. The molecule has 1 aromatic heterocycles. The number of ether oxygens (including phenoxy) is 3. The van der Waals surface area contributed by atoms with E-state index in [1.807, 2.05) is 0 Å². The molecule has 2 saturated heterocycles. The molecule has 326 valence electrons. The van der Waals surface area contributed by atoms with Gasteiger partial charge >= 0.3 is 33.3 Å². The van der Waals surface area contributed by atoms with Gasteiger partial charge in [-0.15, -0.1) is 0 Å². The van der Waals surface area contributed by atoms with E-state index in [0.29, 0.717) is 5.52 Å². The Morgan fingerprint density at radius 3 is 2.20 bits per heavy atom. The molecule has 0 spiro atoms. The second-order valence-corrected chi connectivity index (χ2v) is 19.1. The molecule has 0 radical (unpaired) electrons. The molecular weight excluding hydrogens is 852 g/mol. The van der Waals surface area contributed by atoms with Crippen molar-refractivity contribution in [1.29, 1.82) is 0 Å². The zero-order valence-electron chi connectivity index (χ0n) is 31.9. The molecule has 1 saturated carbocycles. The molecule has 0 bridgehead atoms. The van der Waals surface area contributed by atoms with E-state index in [1.165, 1.54) is 48.7 Å². The van der Waals surface area contributed by atoms with Crippen molar-refractivity contribution in [2.45, 2.75) is 55.3 Å². The van der Waals surface area contributed by atoms with E-state index in [0.717, 1.165) is 29.9 Å². The van der Waals surface area contributed by atoms with Crippen LogP contribution in [0.2, 0.25) is 0 Å². The predicted molar refractivity (Wildman–Crippen MR) is 212 cm³/mol. The van der Waals surface area contributed by atoms with Gasteiger partial charge in [-0.2, -0.15) is 0 Å². The highest BCUT2D eigenvalue weighted by atomic mass is 31.2. The topological polar surface area (TPSA) is 275 Å². The first-order valence-corrected chi connectivity index (χ1v) is 22.2. The van der Waals surface area contributed by atoms with E-state index < -0.39 is 92.7 Å². The Kier molecular flexibility index (Phi) is 12.0. The first-order valence-electron chi connectivity index (χ1n) is 18.8. The van der Waals surface area contributed by atoms with Crippen LogP contribution >= 0.6 is 15.2 Å². The number of aromatic carboxylic acids is 1. The zero-order valence-corrected chi connectivity index (χ0v) is 33.7. The smallest absolute Gasteiger partial charge is 0.414 e. The third-order valence-corrected chi connectivity index (χ3v) is 14.5. The van der Waals surface area contributed by atoms with Crippen LogP contribution in [0.25, 0.3) is 10.9 Å². The minimum Gasteiger partial charge on any atom is -0.486 e. The van der Waals surface area contributed by atoms with Crippen molar-refractivity contribution in [3.8, 4) is 5.75 Å². The lowest BCUT2D eigenvalue weighted by Crippen LogP contribution is -2.51. The van der Waals surface area contributed by atoms with Crippen molar-refractivity contribution in [1.82, 2.24) is 4.57 Å². The van der Waals surface area contributed by atoms with Gasteiger partial charge in [-0.25, -0.2) is 23.2 Å². The fourth-order valence-electron chi connectivity index (χ4n) is 7.36. The van der Waals surface area contributed by atoms with Crippen LogP contribution < -0.4 is 25.3 Å².